The fraction of sp³-hybridized carbons (Fsp3) is 0.545. The summed E-state index contributed by atoms with van der Waals surface area (Å²) in [5.41, 5.74) is 7.60. The zero-order valence-electron chi connectivity index (χ0n) is 18.6. The molecule has 33 heavy (non-hydrogen) atoms. The first-order chi connectivity index (χ1) is 15.6. The lowest BCUT2D eigenvalue weighted by atomic mass is 9.93. The number of aryl methyl sites for hydroxylation is 1. The van der Waals surface area contributed by atoms with Crippen LogP contribution in [0.4, 0.5) is 15.9 Å². The van der Waals surface area contributed by atoms with Crippen molar-refractivity contribution in [1.82, 2.24) is 14.5 Å². The number of hydrogen-bond acceptors (Lipinski definition) is 5. The summed E-state index contributed by atoms with van der Waals surface area (Å²) in [5.74, 6) is 0.792. The van der Waals surface area contributed by atoms with Crippen LogP contribution in [0.1, 0.15) is 54.6 Å². The molecule has 1 aromatic heterocycles. The number of anilines is 2. The molecule has 2 aromatic rings. The number of benzene rings is 1. The minimum Gasteiger partial charge on any atom is -0.383 e. The number of fused-ring (bicyclic) bond motifs is 1. The molecule has 0 aliphatic heterocycles. The molecule has 1 heterocycles. The van der Waals surface area contributed by atoms with E-state index in [0.717, 1.165) is 25.7 Å². The third-order valence-electron chi connectivity index (χ3n) is 7.00. The number of nitrogen functional groups attached to an aromatic ring is 1. The fourth-order valence-corrected chi connectivity index (χ4v) is 6.20. The van der Waals surface area contributed by atoms with Crippen molar-refractivity contribution in [3.8, 4) is 0 Å². The van der Waals surface area contributed by atoms with Crippen LogP contribution in [-0.4, -0.2) is 36.4 Å². The lowest BCUT2D eigenvalue weighted by Crippen LogP contribution is -2.30. The monoisotopic (exact) mass is 497 g/mol. The summed E-state index contributed by atoms with van der Waals surface area (Å²) in [5, 5.41) is 7.24. The Hall–Kier alpha value is -2.17. The van der Waals surface area contributed by atoms with Crippen molar-refractivity contribution in [2.75, 3.05) is 23.3 Å². The molecule has 2 atom stereocenters. The quantitative estimate of drug-likeness (QED) is 0.540. The van der Waals surface area contributed by atoms with Crippen LogP contribution in [0.3, 0.4) is 0 Å². The lowest BCUT2D eigenvalue weighted by Gasteiger charge is -2.15. The van der Waals surface area contributed by atoms with Gasteiger partial charge in [-0.1, -0.05) is 11.6 Å². The Morgan fingerprint density at radius 2 is 1.94 bits per heavy atom. The van der Waals surface area contributed by atoms with Gasteiger partial charge in [-0.3, -0.25) is 9.48 Å². The first-order valence-corrected chi connectivity index (χ1v) is 13.2. The molecule has 2 saturated carbocycles. The molecular weight excluding hydrogens is 469 g/mol. The Bertz CT molecular complexity index is 1160. The van der Waals surface area contributed by atoms with Crippen LogP contribution in [0.25, 0.3) is 0 Å². The number of amides is 1. The topological polar surface area (TPSA) is 119 Å². The number of nitrogens with zero attached hydrogens (tertiary/aromatic N) is 2. The Balaban J connectivity index is 1.45. The molecule has 4 rings (SSSR count). The van der Waals surface area contributed by atoms with Gasteiger partial charge in [-0.15, -0.1) is 0 Å². The van der Waals surface area contributed by atoms with E-state index in [-0.39, 0.29) is 22.5 Å². The van der Waals surface area contributed by atoms with Crippen LogP contribution in [0.2, 0.25) is 5.02 Å². The number of hydrogen-bond donors (Lipinski definition) is 3. The lowest BCUT2D eigenvalue weighted by molar-refractivity contribution is 0.102. The van der Waals surface area contributed by atoms with Crippen molar-refractivity contribution in [2.45, 2.75) is 38.5 Å². The smallest absolute Gasteiger partial charge is 0.261 e. The number of aromatic nitrogens is 2. The van der Waals surface area contributed by atoms with E-state index in [1.54, 1.807) is 14.0 Å². The Labute approximate surface area is 198 Å². The zero-order chi connectivity index (χ0) is 23.9. The van der Waals surface area contributed by atoms with E-state index in [1.165, 1.54) is 22.9 Å². The summed E-state index contributed by atoms with van der Waals surface area (Å²) >= 11 is 5.83. The highest BCUT2D eigenvalue weighted by Gasteiger charge is 2.44. The van der Waals surface area contributed by atoms with Gasteiger partial charge in [-0.25, -0.2) is 17.5 Å². The largest absolute Gasteiger partial charge is 0.383 e. The van der Waals surface area contributed by atoms with Crippen LogP contribution >= 0.6 is 11.6 Å². The molecule has 2 fully saturated rings. The third kappa shape index (κ3) is 5.02. The maximum atomic E-state index is 13.4. The Kier molecular flexibility index (Phi) is 6.70. The highest BCUT2D eigenvalue weighted by Crippen LogP contribution is 2.52. The van der Waals surface area contributed by atoms with Crippen LogP contribution in [0.5, 0.6) is 0 Å². The van der Waals surface area contributed by atoms with Crippen LogP contribution in [0.15, 0.2) is 18.2 Å². The van der Waals surface area contributed by atoms with Crippen molar-refractivity contribution in [1.29, 1.82) is 0 Å². The van der Waals surface area contributed by atoms with E-state index in [2.05, 4.69) is 15.1 Å². The maximum absolute atomic E-state index is 13.4. The summed E-state index contributed by atoms with van der Waals surface area (Å²) < 4.78 is 41.2. The van der Waals surface area contributed by atoms with Gasteiger partial charge in [-0.2, -0.15) is 5.10 Å². The van der Waals surface area contributed by atoms with Gasteiger partial charge in [0.25, 0.3) is 5.91 Å². The molecule has 0 saturated heterocycles. The first kappa shape index (κ1) is 24.0. The molecule has 11 heteroatoms. The molecule has 0 spiro atoms. The third-order valence-corrected chi connectivity index (χ3v) is 8.65. The van der Waals surface area contributed by atoms with Crippen molar-refractivity contribution in [3.63, 3.8) is 0 Å². The molecule has 0 bridgehead atoms. The van der Waals surface area contributed by atoms with E-state index >= 15 is 0 Å². The summed E-state index contributed by atoms with van der Waals surface area (Å²) in [7, 11) is -1.48. The van der Waals surface area contributed by atoms with Crippen molar-refractivity contribution in [3.05, 3.63) is 40.3 Å². The molecule has 1 aromatic carbocycles. The van der Waals surface area contributed by atoms with Gasteiger partial charge in [0.15, 0.2) is 0 Å². The van der Waals surface area contributed by atoms with E-state index in [9.17, 15) is 17.6 Å². The molecule has 8 nitrogen and oxygen atoms in total. The number of nitrogens with one attached hydrogen (secondary N) is 2. The minimum absolute atomic E-state index is 0.0772. The fourth-order valence-electron chi connectivity index (χ4n) is 5.32. The average molecular weight is 498 g/mol. The predicted molar refractivity (Wildman–Crippen MR) is 126 cm³/mol. The second-order valence-electron chi connectivity index (χ2n) is 9.13. The molecule has 2 aliphatic carbocycles. The van der Waals surface area contributed by atoms with E-state index < -0.39 is 21.7 Å². The molecule has 2 unspecified atom stereocenters. The molecular formula is C22H29ClFN5O3S. The molecule has 180 valence electrons. The maximum Gasteiger partial charge on any atom is 0.261 e. The second-order valence-corrected chi connectivity index (χ2v) is 11.6. The number of rotatable bonds is 7. The van der Waals surface area contributed by atoms with Gasteiger partial charge in [0.2, 0.25) is 10.0 Å². The number of carbonyl (C=O) groups is 1. The standard InChI is InChI=1S/C22H29ClFN5O3S/c1-3-33(31,32)26-11-12-6-13-8-15(9-14(13)7-12)20-19(21(25)29(2)28-20)22(30)27-16-4-5-18(24)17(23)10-16/h4-5,10,12-15,26H,3,6-9,11,25H2,1-2H3,(H,27,30). The van der Waals surface area contributed by atoms with Crippen LogP contribution in [-0.2, 0) is 17.1 Å². The first-order valence-electron chi connectivity index (χ1n) is 11.1. The van der Waals surface area contributed by atoms with Gasteiger partial charge in [0.05, 0.1) is 16.5 Å². The normalized spacial score (nSPS) is 24.7. The van der Waals surface area contributed by atoms with Crippen molar-refractivity contribution in [2.24, 2.45) is 24.8 Å². The van der Waals surface area contributed by atoms with Gasteiger partial charge < -0.3 is 11.1 Å². The van der Waals surface area contributed by atoms with Gasteiger partial charge in [0.1, 0.15) is 17.2 Å². The highest BCUT2D eigenvalue weighted by atomic mass is 35.5. The summed E-state index contributed by atoms with van der Waals surface area (Å²) in [6.07, 6.45) is 3.71. The zero-order valence-corrected chi connectivity index (χ0v) is 20.2. The number of nitrogens with two attached hydrogens (primary N) is 1. The Morgan fingerprint density at radius 3 is 2.55 bits per heavy atom. The summed E-state index contributed by atoms with van der Waals surface area (Å²) in [4.78, 5) is 13.1. The SMILES string of the molecule is CCS(=O)(=O)NCC1CC2CC(c3nn(C)c(N)c3C(=O)Nc3ccc(F)c(Cl)c3)CC2C1. The van der Waals surface area contributed by atoms with Crippen molar-refractivity contribution >= 4 is 39.0 Å². The van der Waals surface area contributed by atoms with E-state index in [1.807, 2.05) is 0 Å². The molecule has 0 radical (unpaired) electrons. The number of sulfonamides is 1. The summed E-state index contributed by atoms with van der Waals surface area (Å²) in [6.45, 7) is 2.12. The van der Waals surface area contributed by atoms with E-state index in [4.69, 9.17) is 17.3 Å². The van der Waals surface area contributed by atoms with Crippen LogP contribution < -0.4 is 15.8 Å². The minimum atomic E-state index is -3.18. The Morgan fingerprint density at radius 1 is 1.27 bits per heavy atom. The molecule has 2 aliphatic rings. The second kappa shape index (κ2) is 9.23. The van der Waals surface area contributed by atoms with Crippen molar-refractivity contribution < 1.29 is 17.6 Å². The average Bonchev–Trinajstić information content (AvgIpc) is 3.41. The molecule has 4 N–H and O–H groups in total. The predicted octanol–water partition coefficient (Wildman–Crippen LogP) is 3.51. The van der Waals surface area contributed by atoms with Gasteiger partial charge in [0, 0.05) is 25.2 Å². The van der Waals surface area contributed by atoms with Gasteiger partial charge >= 0.3 is 0 Å². The van der Waals surface area contributed by atoms with Crippen LogP contribution in [0, 0.1) is 23.6 Å². The van der Waals surface area contributed by atoms with Gasteiger partial charge in [-0.05, 0) is 68.6 Å². The molecule has 1 amide bonds. The van der Waals surface area contributed by atoms with E-state index in [0.29, 0.717) is 41.2 Å². The summed E-state index contributed by atoms with van der Waals surface area (Å²) in [6, 6.07) is 3.99. The number of carbonyl (C=O) groups excluding carboxylic acids is 1. The number of halogens is 2. The highest BCUT2D eigenvalue weighted by molar-refractivity contribution is 7.89.